The van der Waals surface area contributed by atoms with Crippen LogP contribution in [0.1, 0.15) is 22.9 Å². The molecule has 57 heavy (non-hydrogen) atoms. The SMILES string of the molecule is c1ccc(C2=NC(c3ccc(-n4c5ccccc5c5ccccc54)c4oc5ccccc5c34)=NC(c3ccc4c(c3)c3ccccc3n4-c3ccccc3)N2)cc1. The van der Waals surface area contributed by atoms with Gasteiger partial charge < -0.3 is 18.9 Å². The summed E-state index contributed by atoms with van der Waals surface area (Å²) in [7, 11) is 0. The minimum absolute atomic E-state index is 0.402. The number of benzene rings is 8. The first-order valence-corrected chi connectivity index (χ1v) is 19.3. The Hall–Kier alpha value is -7.70. The number of para-hydroxylation sites is 5. The number of aromatic nitrogens is 2. The van der Waals surface area contributed by atoms with E-state index < -0.39 is 6.17 Å². The smallest absolute Gasteiger partial charge is 0.160 e. The number of nitrogens with one attached hydrogen (secondary N) is 1. The van der Waals surface area contributed by atoms with Crippen LogP contribution in [0.3, 0.4) is 0 Å². The number of nitrogens with zero attached hydrogens (tertiary/aromatic N) is 4. The van der Waals surface area contributed by atoms with Crippen LogP contribution < -0.4 is 5.32 Å². The van der Waals surface area contributed by atoms with Gasteiger partial charge in [-0.2, -0.15) is 0 Å². The van der Waals surface area contributed by atoms with E-state index in [1.165, 1.54) is 27.1 Å². The molecule has 8 aromatic carbocycles. The lowest BCUT2D eigenvalue weighted by Crippen LogP contribution is -2.33. The fraction of sp³-hybridized carbons (Fsp3) is 0.0196. The van der Waals surface area contributed by atoms with Crippen molar-refractivity contribution in [3.8, 4) is 11.4 Å². The fourth-order valence-corrected chi connectivity index (χ4v) is 8.86. The van der Waals surface area contributed by atoms with Gasteiger partial charge in [-0.15, -0.1) is 0 Å². The highest BCUT2D eigenvalue weighted by molar-refractivity contribution is 6.23. The monoisotopic (exact) mass is 731 g/mol. The summed E-state index contributed by atoms with van der Waals surface area (Å²) in [6.07, 6.45) is -0.402. The first kappa shape index (κ1) is 31.6. The van der Waals surface area contributed by atoms with Crippen molar-refractivity contribution in [2.24, 2.45) is 9.98 Å². The molecule has 3 aromatic heterocycles. The quantitative estimate of drug-likeness (QED) is 0.192. The Kier molecular flexibility index (Phi) is 6.89. The number of hydrogen-bond acceptors (Lipinski definition) is 4. The normalized spacial score (nSPS) is 14.5. The molecule has 6 heteroatoms. The van der Waals surface area contributed by atoms with Crippen LogP contribution in [0.25, 0.3) is 76.9 Å². The van der Waals surface area contributed by atoms with Crippen molar-refractivity contribution in [3.63, 3.8) is 0 Å². The van der Waals surface area contributed by atoms with Crippen LogP contribution in [0.2, 0.25) is 0 Å². The number of fused-ring (bicyclic) bond motifs is 9. The van der Waals surface area contributed by atoms with E-state index in [9.17, 15) is 0 Å². The highest BCUT2D eigenvalue weighted by Crippen LogP contribution is 2.41. The van der Waals surface area contributed by atoms with Gasteiger partial charge in [-0.1, -0.05) is 127 Å². The van der Waals surface area contributed by atoms with Crippen LogP contribution >= 0.6 is 0 Å². The maximum absolute atomic E-state index is 6.85. The number of furan rings is 1. The highest BCUT2D eigenvalue weighted by atomic mass is 16.3. The van der Waals surface area contributed by atoms with Gasteiger partial charge in [0.25, 0.3) is 0 Å². The van der Waals surface area contributed by atoms with Crippen molar-refractivity contribution < 1.29 is 4.42 Å². The molecule has 0 fully saturated rings. The molecule has 6 nitrogen and oxygen atoms in total. The summed E-state index contributed by atoms with van der Waals surface area (Å²) in [5.74, 6) is 1.42. The predicted octanol–water partition coefficient (Wildman–Crippen LogP) is 12.3. The molecule has 0 saturated carbocycles. The Labute approximate surface area is 327 Å². The molecule has 0 aliphatic carbocycles. The molecule has 0 amide bonds. The number of aliphatic imine (C=N–C) groups is 2. The van der Waals surface area contributed by atoms with Gasteiger partial charge in [-0.3, -0.25) is 0 Å². The van der Waals surface area contributed by atoms with Gasteiger partial charge in [0.1, 0.15) is 17.6 Å². The second-order valence-electron chi connectivity index (χ2n) is 14.6. The van der Waals surface area contributed by atoms with Crippen molar-refractivity contribution >= 4 is 77.2 Å². The Morgan fingerprint density at radius 2 is 1.07 bits per heavy atom. The summed E-state index contributed by atoms with van der Waals surface area (Å²) in [6, 6.07) is 66.0. The minimum atomic E-state index is -0.402. The van der Waals surface area contributed by atoms with Gasteiger partial charge >= 0.3 is 0 Å². The molecule has 0 radical (unpaired) electrons. The maximum atomic E-state index is 6.85. The molecule has 0 saturated heterocycles. The fourth-order valence-electron chi connectivity index (χ4n) is 8.86. The summed E-state index contributed by atoms with van der Waals surface area (Å²) in [6.45, 7) is 0. The zero-order valence-corrected chi connectivity index (χ0v) is 30.7. The average Bonchev–Trinajstić information content (AvgIpc) is 3.95. The number of hydrogen-bond donors (Lipinski definition) is 1. The molecule has 0 bridgehead atoms. The highest BCUT2D eigenvalue weighted by Gasteiger charge is 2.26. The van der Waals surface area contributed by atoms with Crippen molar-refractivity contribution in [3.05, 3.63) is 205 Å². The van der Waals surface area contributed by atoms with Gasteiger partial charge in [0.2, 0.25) is 0 Å². The molecule has 268 valence electrons. The van der Waals surface area contributed by atoms with Crippen LogP contribution in [-0.2, 0) is 0 Å². The number of rotatable bonds is 5. The summed E-state index contributed by atoms with van der Waals surface area (Å²) in [5.41, 5.74) is 11.2. The third kappa shape index (κ3) is 4.84. The van der Waals surface area contributed by atoms with Crippen molar-refractivity contribution in [2.75, 3.05) is 0 Å². The molecule has 4 heterocycles. The molecule has 1 N–H and O–H groups in total. The molecular formula is C51H33N5O. The van der Waals surface area contributed by atoms with E-state index in [0.29, 0.717) is 5.84 Å². The van der Waals surface area contributed by atoms with Crippen molar-refractivity contribution in [1.29, 1.82) is 0 Å². The van der Waals surface area contributed by atoms with Crippen LogP contribution in [-0.4, -0.2) is 20.8 Å². The Balaban J connectivity index is 1.09. The van der Waals surface area contributed by atoms with E-state index in [-0.39, 0.29) is 0 Å². The predicted molar refractivity (Wildman–Crippen MR) is 234 cm³/mol. The van der Waals surface area contributed by atoms with Crippen LogP contribution in [0, 0.1) is 0 Å². The Morgan fingerprint density at radius 1 is 0.491 bits per heavy atom. The topological polar surface area (TPSA) is 59.8 Å². The minimum Gasteiger partial charge on any atom is -0.454 e. The van der Waals surface area contributed by atoms with E-state index in [0.717, 1.165) is 72.4 Å². The summed E-state index contributed by atoms with van der Waals surface area (Å²) < 4.78 is 11.5. The lowest BCUT2D eigenvalue weighted by atomic mass is 10.0. The molecule has 1 atom stereocenters. The maximum Gasteiger partial charge on any atom is 0.160 e. The summed E-state index contributed by atoms with van der Waals surface area (Å²) in [5, 5.41) is 10.5. The zero-order valence-electron chi connectivity index (χ0n) is 30.7. The van der Waals surface area contributed by atoms with Gasteiger partial charge in [0.15, 0.2) is 11.4 Å². The van der Waals surface area contributed by atoms with Crippen LogP contribution in [0.4, 0.5) is 0 Å². The van der Waals surface area contributed by atoms with E-state index in [1.807, 2.05) is 30.3 Å². The average molecular weight is 732 g/mol. The van der Waals surface area contributed by atoms with Gasteiger partial charge in [-0.25, -0.2) is 9.98 Å². The summed E-state index contributed by atoms with van der Waals surface area (Å²) in [4.78, 5) is 10.7. The van der Waals surface area contributed by atoms with E-state index in [2.05, 4.69) is 172 Å². The molecular weight excluding hydrogens is 699 g/mol. The largest absolute Gasteiger partial charge is 0.454 e. The van der Waals surface area contributed by atoms with Gasteiger partial charge in [0.05, 0.1) is 27.8 Å². The van der Waals surface area contributed by atoms with Crippen molar-refractivity contribution in [1.82, 2.24) is 14.5 Å². The molecule has 1 aliphatic heterocycles. The number of amidine groups is 2. The summed E-state index contributed by atoms with van der Waals surface area (Å²) >= 11 is 0. The molecule has 1 unspecified atom stereocenters. The van der Waals surface area contributed by atoms with E-state index in [4.69, 9.17) is 14.4 Å². The Morgan fingerprint density at radius 3 is 1.79 bits per heavy atom. The first-order valence-electron chi connectivity index (χ1n) is 19.3. The third-order valence-electron chi connectivity index (χ3n) is 11.4. The third-order valence-corrected chi connectivity index (χ3v) is 11.4. The van der Waals surface area contributed by atoms with Crippen LogP contribution in [0.5, 0.6) is 0 Å². The lowest BCUT2D eigenvalue weighted by Gasteiger charge is -2.24. The van der Waals surface area contributed by atoms with Crippen molar-refractivity contribution in [2.45, 2.75) is 6.17 Å². The molecule has 1 aliphatic rings. The van der Waals surface area contributed by atoms with Gasteiger partial charge in [-0.05, 0) is 66.2 Å². The van der Waals surface area contributed by atoms with E-state index in [1.54, 1.807) is 0 Å². The molecule has 11 aromatic rings. The standard InChI is InChI=1S/C51H33N5O/c1-3-15-32(16-4-1)49-52-50(33-27-29-44-40(31-33)37-21-9-11-23-41(37)55(44)34-17-5-2-6-18-34)54-51(53-49)39-28-30-45(48-47(39)38-22-10-14-26-46(38)57-48)56-42-24-12-7-19-35(42)36-20-8-13-25-43(36)56/h1-31,50H,(H,52,53,54). The van der Waals surface area contributed by atoms with Crippen LogP contribution in [0.15, 0.2) is 202 Å². The lowest BCUT2D eigenvalue weighted by molar-refractivity contribution is 0.666. The first-order chi connectivity index (χ1) is 28.3. The van der Waals surface area contributed by atoms with E-state index >= 15 is 0 Å². The second kappa shape index (κ2) is 12.4. The van der Waals surface area contributed by atoms with Gasteiger partial charge in [0, 0.05) is 49.1 Å². The molecule has 0 spiro atoms. The molecule has 12 rings (SSSR count). The second-order valence-corrected chi connectivity index (χ2v) is 14.6. The Bertz CT molecular complexity index is 3390. The zero-order chi connectivity index (χ0) is 37.5.